The standard InChI is InChI=1S/C25H34N8O11S2/c1-25(2,33-44-46(39,40)41)19(23(37)38)31-21(34)18(16-12-45-24(27)30-16)32-43-17(22(35)36)11-42-15-7-5-13(6-8-15)20(26)29-14-4-3-9-28-10-14/h5-8,12,14,17,19,28,33H,3-4,9-11H2,1-2H3,(H2,26,29)(H2,27,30)(H,31,34)(H,35,36)(H,37,38)(H,39,40,41)/b32-18-/t14-,17+,19-/m1/s1. The highest BCUT2D eigenvalue weighted by Crippen LogP contribution is 2.17. The molecule has 1 aliphatic rings. The molecule has 1 amide bonds. The Hall–Kier alpha value is -4.41. The zero-order valence-corrected chi connectivity index (χ0v) is 26.2. The van der Waals surface area contributed by atoms with Gasteiger partial charge in [0, 0.05) is 17.5 Å². The molecule has 0 radical (unpaired) electrons. The normalized spacial score (nSPS) is 17.5. The van der Waals surface area contributed by atoms with Crippen LogP contribution in [0.1, 0.15) is 37.9 Å². The number of thiazole rings is 1. The van der Waals surface area contributed by atoms with Crippen molar-refractivity contribution in [3.8, 4) is 5.75 Å². The third kappa shape index (κ3) is 10.9. The summed E-state index contributed by atoms with van der Waals surface area (Å²) in [5.74, 6) is -3.75. The number of carboxylic acid groups (broad SMARTS) is 2. The number of hydroxylamine groups is 1. The van der Waals surface area contributed by atoms with E-state index in [-0.39, 0.29) is 22.6 Å². The maximum absolute atomic E-state index is 13.2. The minimum absolute atomic E-state index is 0.00325. The number of benzene rings is 1. The zero-order valence-electron chi connectivity index (χ0n) is 24.6. The number of rotatable bonds is 16. The fourth-order valence-corrected chi connectivity index (χ4v) is 4.81. The Morgan fingerprint density at radius 1 is 1.22 bits per heavy atom. The molecule has 3 atom stereocenters. The Bertz CT molecular complexity index is 1560. The van der Waals surface area contributed by atoms with Crippen molar-refractivity contribution < 1.29 is 51.4 Å². The summed E-state index contributed by atoms with van der Waals surface area (Å²) < 4.78 is 40.3. The molecule has 2 heterocycles. The maximum Gasteiger partial charge on any atom is 0.413 e. The quantitative estimate of drug-likeness (QED) is 0.0459. The average molecular weight is 687 g/mol. The van der Waals surface area contributed by atoms with Crippen molar-refractivity contribution in [1.82, 2.24) is 21.1 Å². The first-order valence-corrected chi connectivity index (χ1v) is 15.7. The van der Waals surface area contributed by atoms with Crippen LogP contribution in [0.4, 0.5) is 5.13 Å². The van der Waals surface area contributed by atoms with Crippen molar-refractivity contribution in [2.75, 3.05) is 25.4 Å². The number of aromatic nitrogens is 1. The number of carbonyl (C=O) groups excluding carboxylic acids is 1. The largest absolute Gasteiger partial charge is 0.489 e. The molecule has 0 saturated carbocycles. The van der Waals surface area contributed by atoms with Crippen LogP contribution in [-0.2, 0) is 33.9 Å². The van der Waals surface area contributed by atoms with Crippen LogP contribution >= 0.6 is 11.3 Å². The van der Waals surface area contributed by atoms with E-state index in [1.54, 1.807) is 24.3 Å². The lowest BCUT2D eigenvalue weighted by Crippen LogP contribution is -2.62. The number of nitrogens with one attached hydrogen (secondary N) is 3. The Kier molecular flexibility index (Phi) is 12.3. The second kappa shape index (κ2) is 15.7. The molecule has 252 valence electrons. The van der Waals surface area contributed by atoms with Crippen LogP contribution in [0, 0.1) is 0 Å². The molecule has 0 bridgehead atoms. The lowest BCUT2D eigenvalue weighted by atomic mass is 9.95. The number of oxime groups is 1. The van der Waals surface area contributed by atoms with E-state index in [4.69, 9.17) is 25.6 Å². The Morgan fingerprint density at radius 2 is 1.91 bits per heavy atom. The van der Waals surface area contributed by atoms with E-state index in [0.717, 1.165) is 51.1 Å². The summed E-state index contributed by atoms with van der Waals surface area (Å²) in [4.78, 5) is 50.6. The van der Waals surface area contributed by atoms with Crippen molar-refractivity contribution in [3.05, 3.63) is 40.9 Å². The Balaban J connectivity index is 1.74. The van der Waals surface area contributed by atoms with Crippen LogP contribution in [0.15, 0.2) is 39.8 Å². The van der Waals surface area contributed by atoms with E-state index < -0.39 is 58.2 Å². The number of carbonyl (C=O) groups is 3. The van der Waals surface area contributed by atoms with E-state index in [1.165, 1.54) is 5.38 Å². The molecule has 0 aliphatic carbocycles. The summed E-state index contributed by atoms with van der Waals surface area (Å²) in [6.45, 7) is 3.40. The minimum Gasteiger partial charge on any atom is -0.489 e. The molecular formula is C25H34N8O11S2. The van der Waals surface area contributed by atoms with E-state index in [2.05, 4.69) is 30.0 Å². The SMILES string of the molecule is CC(C)(NOS(=O)(=O)O)[C@H](NC(=O)/C(=N\O[C@@H](COc1ccc(C(N)=N[C@@H]2CCCNC2)cc1)C(=O)O)c1csc(N)n1)C(=O)O. The first-order chi connectivity index (χ1) is 21.6. The lowest BCUT2D eigenvalue weighted by Gasteiger charge is -2.31. The number of anilines is 1. The van der Waals surface area contributed by atoms with Crippen LogP contribution < -0.4 is 32.3 Å². The molecule has 19 nitrogen and oxygen atoms in total. The van der Waals surface area contributed by atoms with E-state index in [1.807, 2.05) is 5.48 Å². The molecule has 10 N–H and O–H groups in total. The number of hydrogen-bond donors (Lipinski definition) is 8. The van der Waals surface area contributed by atoms with Crippen LogP contribution in [0.25, 0.3) is 0 Å². The number of nitrogen functional groups attached to an aromatic ring is 1. The summed E-state index contributed by atoms with van der Waals surface area (Å²) in [7, 11) is -5.03. The van der Waals surface area contributed by atoms with Gasteiger partial charge in [-0.3, -0.25) is 14.3 Å². The van der Waals surface area contributed by atoms with Crippen LogP contribution in [0.5, 0.6) is 5.75 Å². The maximum atomic E-state index is 13.2. The molecule has 0 spiro atoms. The van der Waals surface area contributed by atoms with Gasteiger partial charge in [-0.05, 0) is 57.5 Å². The summed E-state index contributed by atoms with van der Waals surface area (Å²) in [6, 6.07) is 4.61. The number of aliphatic carboxylic acids is 2. The second-order valence-electron chi connectivity index (χ2n) is 10.4. The highest BCUT2D eigenvalue weighted by Gasteiger charge is 2.39. The van der Waals surface area contributed by atoms with Crippen molar-refractivity contribution >= 4 is 56.3 Å². The molecule has 1 aromatic heterocycles. The number of amidine groups is 1. The number of piperidine rings is 1. The minimum atomic E-state index is -5.03. The molecule has 1 aliphatic heterocycles. The fraction of sp³-hybridized carbons (Fsp3) is 0.440. The Morgan fingerprint density at radius 3 is 2.46 bits per heavy atom. The van der Waals surface area contributed by atoms with Gasteiger partial charge < -0.3 is 41.9 Å². The summed E-state index contributed by atoms with van der Waals surface area (Å²) in [5, 5.41) is 29.7. The number of ether oxygens (including phenoxy) is 1. The zero-order chi connectivity index (χ0) is 34.1. The van der Waals surface area contributed by atoms with Gasteiger partial charge in [0.05, 0.1) is 11.6 Å². The van der Waals surface area contributed by atoms with Crippen molar-refractivity contribution in [2.45, 2.75) is 50.4 Å². The van der Waals surface area contributed by atoms with Crippen LogP contribution in [-0.4, -0.2) is 101 Å². The van der Waals surface area contributed by atoms with Gasteiger partial charge in [0.25, 0.3) is 12.0 Å². The number of carboxylic acids is 2. The number of hydrogen-bond acceptors (Lipinski definition) is 15. The van der Waals surface area contributed by atoms with Gasteiger partial charge >= 0.3 is 22.3 Å². The van der Waals surface area contributed by atoms with E-state index >= 15 is 0 Å². The van der Waals surface area contributed by atoms with E-state index in [9.17, 15) is 33.0 Å². The Labute approximate surface area is 266 Å². The highest BCUT2D eigenvalue weighted by atomic mass is 32.3. The van der Waals surface area contributed by atoms with Crippen LogP contribution in [0.3, 0.4) is 0 Å². The average Bonchev–Trinajstić information content (AvgIpc) is 3.42. The molecule has 21 heteroatoms. The monoisotopic (exact) mass is 686 g/mol. The number of amides is 1. The third-order valence-electron chi connectivity index (χ3n) is 6.32. The number of aliphatic imine (C=N–C) groups is 1. The first kappa shape index (κ1) is 36.1. The molecule has 0 unspecified atom stereocenters. The lowest BCUT2D eigenvalue weighted by molar-refractivity contribution is -0.152. The van der Waals surface area contributed by atoms with Gasteiger partial charge in [-0.15, -0.1) is 11.3 Å². The van der Waals surface area contributed by atoms with Gasteiger partial charge in [-0.1, -0.05) is 5.16 Å². The fourth-order valence-electron chi connectivity index (χ4n) is 3.94. The van der Waals surface area contributed by atoms with Gasteiger partial charge in [0.15, 0.2) is 10.8 Å². The molecule has 1 aromatic carbocycles. The second-order valence-corrected chi connectivity index (χ2v) is 12.3. The highest BCUT2D eigenvalue weighted by molar-refractivity contribution is 7.80. The van der Waals surface area contributed by atoms with Gasteiger partial charge in [-0.25, -0.2) is 14.6 Å². The molecular weight excluding hydrogens is 652 g/mol. The smallest absolute Gasteiger partial charge is 0.413 e. The van der Waals surface area contributed by atoms with Crippen molar-refractivity contribution in [3.63, 3.8) is 0 Å². The number of nitrogens with zero attached hydrogens (tertiary/aromatic N) is 3. The molecule has 1 fully saturated rings. The summed E-state index contributed by atoms with van der Waals surface area (Å²) in [6.07, 6.45) is 0.178. The van der Waals surface area contributed by atoms with Crippen molar-refractivity contribution in [1.29, 1.82) is 0 Å². The van der Waals surface area contributed by atoms with Gasteiger partial charge in [0.2, 0.25) is 0 Å². The molecule has 3 rings (SSSR count). The first-order valence-electron chi connectivity index (χ1n) is 13.5. The molecule has 2 aromatic rings. The molecule has 46 heavy (non-hydrogen) atoms. The summed E-state index contributed by atoms with van der Waals surface area (Å²) >= 11 is 0.898. The number of nitrogens with two attached hydrogens (primary N) is 2. The topological polar surface area (TPSA) is 299 Å². The van der Waals surface area contributed by atoms with E-state index in [0.29, 0.717) is 11.4 Å². The van der Waals surface area contributed by atoms with Crippen LogP contribution in [0.2, 0.25) is 0 Å². The predicted octanol–water partition coefficient (Wildman–Crippen LogP) is -0.892. The van der Waals surface area contributed by atoms with Gasteiger partial charge in [-0.2, -0.15) is 18.2 Å². The third-order valence-corrected chi connectivity index (χ3v) is 7.29. The van der Waals surface area contributed by atoms with Gasteiger partial charge in [0.1, 0.15) is 29.9 Å². The van der Waals surface area contributed by atoms with Crippen molar-refractivity contribution in [2.24, 2.45) is 15.9 Å². The summed E-state index contributed by atoms with van der Waals surface area (Å²) in [5.41, 5.74) is 11.6. The molecule has 1 saturated heterocycles. The predicted molar refractivity (Wildman–Crippen MR) is 164 cm³/mol.